The summed E-state index contributed by atoms with van der Waals surface area (Å²) in [5.74, 6) is -0.267. The van der Waals surface area contributed by atoms with Crippen molar-refractivity contribution >= 4 is 23.3 Å². The van der Waals surface area contributed by atoms with Crippen LogP contribution in [0.25, 0.3) is 0 Å². The van der Waals surface area contributed by atoms with Gasteiger partial charge in [0.2, 0.25) is 0 Å². The molecule has 1 aliphatic rings. The molecule has 3 amide bonds. The molecule has 0 aliphatic carbocycles. The van der Waals surface area contributed by atoms with E-state index in [4.69, 9.17) is 4.74 Å². The van der Waals surface area contributed by atoms with Gasteiger partial charge >= 0.3 is 6.03 Å². The maximum Gasteiger partial charge on any atom is 0.323 e. The van der Waals surface area contributed by atoms with Crippen molar-refractivity contribution in [3.8, 4) is 5.75 Å². The third kappa shape index (κ3) is 7.34. The van der Waals surface area contributed by atoms with Gasteiger partial charge in [-0.2, -0.15) is 0 Å². The van der Waals surface area contributed by atoms with E-state index in [1.165, 1.54) is 29.8 Å². The summed E-state index contributed by atoms with van der Waals surface area (Å²) in [5.41, 5.74) is 2.32. The van der Waals surface area contributed by atoms with Crippen molar-refractivity contribution in [2.75, 3.05) is 37.4 Å². The van der Waals surface area contributed by atoms with Crippen LogP contribution in [0.2, 0.25) is 0 Å². The number of halogens is 1. The highest BCUT2D eigenvalue weighted by Crippen LogP contribution is 2.31. The summed E-state index contributed by atoms with van der Waals surface area (Å²) in [4.78, 5) is 30.0. The first-order chi connectivity index (χ1) is 18.7. The lowest BCUT2D eigenvalue weighted by molar-refractivity contribution is 0.0341. The van der Waals surface area contributed by atoms with Crippen LogP contribution in [-0.2, 0) is 6.54 Å². The minimum atomic E-state index is -0.532. The summed E-state index contributed by atoms with van der Waals surface area (Å²) in [6.07, 6.45) is -0.223. The molecule has 0 unspecified atom stereocenters. The molecule has 9 heteroatoms. The number of rotatable bonds is 8. The Morgan fingerprint density at radius 1 is 1.10 bits per heavy atom. The molecule has 8 nitrogen and oxygen atoms in total. The highest BCUT2D eigenvalue weighted by atomic mass is 19.1. The Balaban J connectivity index is 1.55. The van der Waals surface area contributed by atoms with Crippen molar-refractivity contribution in [2.24, 2.45) is 5.92 Å². The number of nitrogens with zero attached hydrogens (tertiary/aromatic N) is 2. The van der Waals surface area contributed by atoms with Crippen LogP contribution in [0.1, 0.15) is 29.8 Å². The van der Waals surface area contributed by atoms with Gasteiger partial charge in [-0.3, -0.25) is 9.69 Å². The molecule has 3 aromatic rings. The quantitative estimate of drug-likeness (QED) is 0.385. The molecule has 206 valence electrons. The zero-order chi connectivity index (χ0) is 27.9. The van der Waals surface area contributed by atoms with Crippen LogP contribution in [0.15, 0.2) is 72.8 Å². The van der Waals surface area contributed by atoms with Gasteiger partial charge in [0.25, 0.3) is 5.91 Å². The number of aliphatic hydroxyl groups excluding tert-OH is 1. The van der Waals surface area contributed by atoms with Crippen molar-refractivity contribution in [3.05, 3.63) is 89.7 Å². The minimum Gasteiger partial charge on any atom is -0.488 e. The first kappa shape index (κ1) is 28.1. The Bertz CT molecular complexity index is 1270. The second kappa shape index (κ2) is 12.7. The zero-order valence-electron chi connectivity index (χ0n) is 22.4. The SMILES string of the molecule is C[C@H]1CN([C@@H](C)CO)C(=O)c2cc(NC(=O)Nc3ccc(F)cc3)ccc2O[C@@H]1CN(C)Cc1ccccc1. The largest absolute Gasteiger partial charge is 0.488 e. The van der Waals surface area contributed by atoms with Gasteiger partial charge in [0, 0.05) is 36.9 Å². The molecule has 0 bridgehead atoms. The van der Waals surface area contributed by atoms with E-state index in [9.17, 15) is 19.1 Å². The van der Waals surface area contributed by atoms with Gasteiger partial charge in [-0.05, 0) is 62.0 Å². The number of amides is 3. The molecule has 3 atom stereocenters. The molecule has 0 aromatic heterocycles. The van der Waals surface area contributed by atoms with Crippen molar-refractivity contribution in [2.45, 2.75) is 32.5 Å². The van der Waals surface area contributed by atoms with E-state index in [0.717, 1.165) is 6.54 Å². The fraction of sp³-hybridized carbons (Fsp3) is 0.333. The molecule has 3 aromatic carbocycles. The Morgan fingerprint density at radius 3 is 2.46 bits per heavy atom. The summed E-state index contributed by atoms with van der Waals surface area (Å²) in [6.45, 7) is 5.47. The first-order valence-electron chi connectivity index (χ1n) is 13.0. The van der Waals surface area contributed by atoms with Crippen LogP contribution in [-0.4, -0.2) is 65.7 Å². The van der Waals surface area contributed by atoms with Gasteiger partial charge in [-0.15, -0.1) is 0 Å². The minimum absolute atomic E-state index is 0.00591. The Kier molecular flexibility index (Phi) is 9.16. The summed E-state index contributed by atoms with van der Waals surface area (Å²) < 4.78 is 19.6. The number of fused-ring (bicyclic) bond motifs is 1. The third-order valence-electron chi connectivity index (χ3n) is 6.81. The van der Waals surface area contributed by atoms with Crippen LogP contribution in [0, 0.1) is 11.7 Å². The van der Waals surface area contributed by atoms with E-state index >= 15 is 0 Å². The number of hydrogen-bond acceptors (Lipinski definition) is 5. The third-order valence-corrected chi connectivity index (χ3v) is 6.81. The number of carbonyl (C=O) groups excluding carboxylic acids is 2. The smallest absolute Gasteiger partial charge is 0.323 e. The lowest BCUT2D eigenvalue weighted by atomic mass is 9.99. The number of likely N-dealkylation sites (N-methyl/N-ethyl adjacent to an activating group) is 1. The standard InChI is InChI=1S/C30H35FN4O4/c1-20-16-35(21(2)19-36)29(37)26-15-25(33-30(38)32-24-11-9-23(31)10-12-24)13-14-27(26)39-28(20)18-34(3)17-22-7-5-4-6-8-22/h4-15,20-21,28,36H,16-19H2,1-3H3,(H2,32,33,38)/t20-,21-,28+/m0/s1. The fourth-order valence-corrected chi connectivity index (χ4v) is 4.61. The van der Waals surface area contributed by atoms with Crippen molar-refractivity contribution in [1.82, 2.24) is 9.80 Å². The van der Waals surface area contributed by atoms with Gasteiger partial charge in [-0.25, -0.2) is 9.18 Å². The highest BCUT2D eigenvalue weighted by molar-refractivity contribution is 6.02. The molecular formula is C30H35FN4O4. The predicted molar refractivity (Wildman–Crippen MR) is 149 cm³/mol. The number of hydrogen-bond donors (Lipinski definition) is 3. The molecule has 0 spiro atoms. The van der Waals surface area contributed by atoms with Gasteiger partial charge in [0.05, 0.1) is 18.2 Å². The Morgan fingerprint density at radius 2 is 1.77 bits per heavy atom. The number of nitrogens with one attached hydrogen (secondary N) is 2. The number of aliphatic hydroxyl groups is 1. The molecule has 0 saturated heterocycles. The molecule has 1 heterocycles. The molecular weight excluding hydrogens is 499 g/mol. The average molecular weight is 535 g/mol. The maximum absolute atomic E-state index is 13.6. The monoisotopic (exact) mass is 534 g/mol. The predicted octanol–water partition coefficient (Wildman–Crippen LogP) is 4.82. The fourth-order valence-electron chi connectivity index (χ4n) is 4.61. The molecule has 3 N–H and O–H groups in total. The van der Waals surface area contributed by atoms with E-state index in [1.807, 2.05) is 39.1 Å². The van der Waals surface area contributed by atoms with E-state index in [2.05, 4.69) is 27.7 Å². The molecule has 4 rings (SSSR count). The van der Waals surface area contributed by atoms with Crippen LogP contribution in [0.4, 0.5) is 20.6 Å². The second-order valence-electron chi connectivity index (χ2n) is 10.1. The highest BCUT2D eigenvalue weighted by Gasteiger charge is 2.33. The molecule has 39 heavy (non-hydrogen) atoms. The van der Waals surface area contributed by atoms with Gasteiger partial charge in [-0.1, -0.05) is 37.3 Å². The van der Waals surface area contributed by atoms with Crippen LogP contribution >= 0.6 is 0 Å². The number of carbonyl (C=O) groups is 2. The number of ether oxygens (including phenoxy) is 1. The molecule has 1 aliphatic heterocycles. The summed E-state index contributed by atoms with van der Waals surface area (Å²) in [5, 5.41) is 15.2. The van der Waals surface area contributed by atoms with Gasteiger partial charge < -0.3 is 25.4 Å². The summed E-state index contributed by atoms with van der Waals surface area (Å²) >= 11 is 0. The number of anilines is 2. The van der Waals surface area contributed by atoms with Gasteiger partial charge in [0.1, 0.15) is 17.7 Å². The van der Waals surface area contributed by atoms with Crippen LogP contribution in [0.5, 0.6) is 5.75 Å². The second-order valence-corrected chi connectivity index (χ2v) is 10.1. The van der Waals surface area contributed by atoms with E-state index in [-0.39, 0.29) is 24.5 Å². The Hall–Kier alpha value is -3.95. The van der Waals surface area contributed by atoms with Gasteiger partial charge in [0.15, 0.2) is 0 Å². The number of benzene rings is 3. The van der Waals surface area contributed by atoms with E-state index in [1.54, 1.807) is 23.1 Å². The summed E-state index contributed by atoms with van der Waals surface area (Å²) in [7, 11) is 2.04. The lowest BCUT2D eigenvalue weighted by Gasteiger charge is -2.38. The first-order valence-corrected chi connectivity index (χ1v) is 13.0. The molecule has 0 radical (unpaired) electrons. The van der Waals surface area contributed by atoms with Crippen molar-refractivity contribution in [3.63, 3.8) is 0 Å². The maximum atomic E-state index is 13.6. The molecule has 0 saturated carbocycles. The zero-order valence-corrected chi connectivity index (χ0v) is 22.4. The summed E-state index contributed by atoms with van der Waals surface area (Å²) in [6, 6.07) is 19.6. The molecule has 0 fully saturated rings. The van der Waals surface area contributed by atoms with Crippen molar-refractivity contribution < 1.29 is 23.8 Å². The van der Waals surface area contributed by atoms with Crippen LogP contribution < -0.4 is 15.4 Å². The Labute approximate surface area is 228 Å². The van der Waals surface area contributed by atoms with E-state index < -0.39 is 17.9 Å². The van der Waals surface area contributed by atoms with Crippen molar-refractivity contribution in [1.29, 1.82) is 0 Å². The number of urea groups is 1. The topological polar surface area (TPSA) is 94.1 Å². The average Bonchev–Trinajstić information content (AvgIpc) is 2.92. The van der Waals surface area contributed by atoms with Crippen LogP contribution in [0.3, 0.4) is 0 Å². The van der Waals surface area contributed by atoms with E-state index in [0.29, 0.717) is 35.8 Å². The lowest BCUT2D eigenvalue weighted by Crippen LogP contribution is -2.49. The normalized spacial score (nSPS) is 18.0.